The zero-order valence-corrected chi connectivity index (χ0v) is 7.93. The van der Waals surface area contributed by atoms with Gasteiger partial charge in [-0.05, 0) is 17.7 Å². The quantitative estimate of drug-likeness (QED) is 0.727. The summed E-state index contributed by atoms with van der Waals surface area (Å²) in [4.78, 5) is 10.4. The van der Waals surface area contributed by atoms with Crippen LogP contribution in [0.1, 0.15) is 18.0 Å². The summed E-state index contributed by atoms with van der Waals surface area (Å²) in [6.07, 6.45) is -0.209. The maximum atomic E-state index is 10.4. The molecule has 0 aliphatic carbocycles. The smallest absolute Gasteiger partial charge is 0.231 e. The van der Waals surface area contributed by atoms with Crippen LogP contribution < -0.4 is 20.3 Å². The van der Waals surface area contributed by atoms with E-state index in [1.165, 1.54) is 0 Å². The fraction of sp³-hybridized carbons (Fsp3) is 0.300. The molecule has 0 unspecified atom stereocenters. The molecule has 15 heavy (non-hydrogen) atoms. The fourth-order valence-electron chi connectivity index (χ4n) is 1.44. The predicted octanol–water partition coefficient (Wildman–Crippen LogP) is -0.445. The summed E-state index contributed by atoms with van der Waals surface area (Å²) in [6, 6.07) is 4.55. The first-order valence-corrected chi connectivity index (χ1v) is 4.52. The highest BCUT2D eigenvalue weighted by Gasteiger charge is 2.15. The van der Waals surface area contributed by atoms with Gasteiger partial charge in [0.2, 0.25) is 6.79 Å². The van der Waals surface area contributed by atoms with Crippen LogP contribution in [0.2, 0.25) is 0 Å². The lowest BCUT2D eigenvalue weighted by molar-refractivity contribution is -0.306. The fourth-order valence-corrected chi connectivity index (χ4v) is 1.44. The zero-order valence-electron chi connectivity index (χ0n) is 7.93. The molecule has 0 saturated heterocycles. The average molecular weight is 208 g/mol. The van der Waals surface area contributed by atoms with E-state index in [0.29, 0.717) is 17.1 Å². The highest BCUT2D eigenvalue weighted by Crippen LogP contribution is 2.34. The van der Waals surface area contributed by atoms with E-state index in [0.717, 1.165) is 0 Å². The predicted molar refractivity (Wildman–Crippen MR) is 49.1 cm³/mol. The number of carboxylic acid groups (broad SMARTS) is 1. The van der Waals surface area contributed by atoms with Gasteiger partial charge in [0.1, 0.15) is 0 Å². The van der Waals surface area contributed by atoms with Crippen LogP contribution in [0.5, 0.6) is 11.5 Å². The molecule has 1 aromatic rings. The Labute approximate surface area is 86.4 Å². The van der Waals surface area contributed by atoms with Gasteiger partial charge in [0.15, 0.2) is 11.5 Å². The van der Waals surface area contributed by atoms with Crippen LogP contribution >= 0.6 is 0 Å². The molecule has 5 nitrogen and oxygen atoms in total. The van der Waals surface area contributed by atoms with Gasteiger partial charge in [0, 0.05) is 18.4 Å². The van der Waals surface area contributed by atoms with E-state index < -0.39 is 12.0 Å². The van der Waals surface area contributed by atoms with Crippen LogP contribution in [0.3, 0.4) is 0 Å². The van der Waals surface area contributed by atoms with E-state index in [1.54, 1.807) is 18.2 Å². The molecule has 1 aliphatic rings. The van der Waals surface area contributed by atoms with Crippen molar-refractivity contribution in [3.63, 3.8) is 0 Å². The summed E-state index contributed by atoms with van der Waals surface area (Å²) in [5.41, 5.74) is 6.37. The molecule has 1 aliphatic heterocycles. The van der Waals surface area contributed by atoms with Crippen LogP contribution in [0.25, 0.3) is 0 Å². The third-order valence-electron chi connectivity index (χ3n) is 2.21. The van der Waals surface area contributed by atoms with E-state index >= 15 is 0 Å². The summed E-state index contributed by atoms with van der Waals surface area (Å²) in [5, 5.41) is 10.4. The Balaban J connectivity index is 2.19. The molecule has 0 spiro atoms. The van der Waals surface area contributed by atoms with Crippen LogP contribution in [-0.4, -0.2) is 12.8 Å². The molecule has 1 aromatic carbocycles. The van der Waals surface area contributed by atoms with Crippen LogP contribution in [0.4, 0.5) is 0 Å². The summed E-state index contributed by atoms with van der Waals surface area (Å²) >= 11 is 0. The Bertz CT molecular complexity index is 391. The maximum absolute atomic E-state index is 10.4. The van der Waals surface area contributed by atoms with Crippen molar-refractivity contribution in [2.45, 2.75) is 12.5 Å². The zero-order chi connectivity index (χ0) is 10.8. The van der Waals surface area contributed by atoms with Gasteiger partial charge in [-0.25, -0.2) is 0 Å². The van der Waals surface area contributed by atoms with E-state index in [9.17, 15) is 9.90 Å². The summed E-state index contributed by atoms with van der Waals surface area (Å²) in [7, 11) is 0. The minimum Gasteiger partial charge on any atom is -0.550 e. The van der Waals surface area contributed by atoms with Crippen molar-refractivity contribution in [1.82, 2.24) is 0 Å². The van der Waals surface area contributed by atoms with Gasteiger partial charge >= 0.3 is 0 Å². The highest BCUT2D eigenvalue weighted by atomic mass is 16.7. The first kappa shape index (κ1) is 9.79. The third kappa shape index (κ3) is 2.02. The third-order valence-corrected chi connectivity index (χ3v) is 2.21. The molecule has 0 amide bonds. The number of aliphatic carboxylic acids is 1. The summed E-state index contributed by atoms with van der Waals surface area (Å²) in [5.74, 6) is 0.0841. The van der Waals surface area contributed by atoms with Gasteiger partial charge in [-0.15, -0.1) is 0 Å². The second-order valence-corrected chi connectivity index (χ2v) is 3.30. The largest absolute Gasteiger partial charge is 0.550 e. The van der Waals surface area contributed by atoms with Gasteiger partial charge in [-0.3, -0.25) is 0 Å². The number of rotatable bonds is 3. The second-order valence-electron chi connectivity index (χ2n) is 3.30. The summed E-state index contributed by atoms with van der Waals surface area (Å²) < 4.78 is 10.3. The molecule has 0 aromatic heterocycles. The number of benzene rings is 1. The van der Waals surface area contributed by atoms with Crippen molar-refractivity contribution in [3.8, 4) is 11.5 Å². The van der Waals surface area contributed by atoms with Crippen LogP contribution in [0, 0.1) is 0 Å². The van der Waals surface area contributed by atoms with Gasteiger partial charge in [-0.2, -0.15) is 0 Å². The number of nitrogens with two attached hydrogens (primary N) is 1. The lowest BCUT2D eigenvalue weighted by Crippen LogP contribution is -2.27. The Morgan fingerprint density at radius 2 is 2.20 bits per heavy atom. The number of hydrogen-bond donors (Lipinski definition) is 1. The average Bonchev–Trinajstić information content (AvgIpc) is 2.62. The lowest BCUT2D eigenvalue weighted by atomic mass is 10.0. The van der Waals surface area contributed by atoms with Crippen molar-refractivity contribution >= 4 is 5.97 Å². The monoisotopic (exact) mass is 208 g/mol. The molecule has 0 bridgehead atoms. The Morgan fingerprint density at radius 1 is 1.47 bits per heavy atom. The van der Waals surface area contributed by atoms with Crippen molar-refractivity contribution in [1.29, 1.82) is 0 Å². The molecule has 0 radical (unpaired) electrons. The summed E-state index contributed by atoms with van der Waals surface area (Å²) in [6.45, 7) is 0.189. The van der Waals surface area contributed by atoms with Crippen molar-refractivity contribution in [3.05, 3.63) is 23.8 Å². The Kier molecular flexibility index (Phi) is 2.47. The molecular weight excluding hydrogens is 198 g/mol. The maximum Gasteiger partial charge on any atom is 0.231 e. The molecule has 0 fully saturated rings. The van der Waals surface area contributed by atoms with E-state index in [1.807, 2.05) is 0 Å². The van der Waals surface area contributed by atoms with Crippen molar-refractivity contribution in [2.75, 3.05) is 6.79 Å². The van der Waals surface area contributed by atoms with Crippen molar-refractivity contribution in [2.24, 2.45) is 5.73 Å². The number of ether oxygens (including phenoxy) is 2. The molecule has 80 valence electrons. The topological polar surface area (TPSA) is 84.6 Å². The molecule has 1 heterocycles. The van der Waals surface area contributed by atoms with E-state index in [2.05, 4.69) is 0 Å². The lowest BCUT2D eigenvalue weighted by Gasteiger charge is -2.12. The Hall–Kier alpha value is -1.75. The minimum absolute atomic E-state index is 0.189. The van der Waals surface area contributed by atoms with Gasteiger partial charge in [0.05, 0.1) is 0 Å². The second kappa shape index (κ2) is 3.78. The van der Waals surface area contributed by atoms with E-state index in [4.69, 9.17) is 15.2 Å². The number of hydrogen-bond acceptors (Lipinski definition) is 5. The van der Waals surface area contributed by atoms with Crippen LogP contribution in [-0.2, 0) is 4.79 Å². The molecule has 5 heteroatoms. The number of fused-ring (bicyclic) bond motifs is 1. The normalized spacial score (nSPS) is 15.0. The molecule has 2 N–H and O–H groups in total. The van der Waals surface area contributed by atoms with E-state index in [-0.39, 0.29) is 13.2 Å². The number of carbonyl (C=O) groups is 1. The molecule has 2 rings (SSSR count). The minimum atomic E-state index is -1.17. The number of carbonyl (C=O) groups excluding carboxylic acids is 1. The van der Waals surface area contributed by atoms with Gasteiger partial charge in [-0.1, -0.05) is 6.07 Å². The highest BCUT2D eigenvalue weighted by molar-refractivity contribution is 5.65. The van der Waals surface area contributed by atoms with Crippen molar-refractivity contribution < 1.29 is 19.4 Å². The standard InChI is InChI=1S/C10H11NO4/c11-7(4-10(12)13)6-1-2-8-9(3-6)15-5-14-8/h1-3,7H,4-5,11H2,(H,12,13)/p-1/t7-/m0/s1. The SMILES string of the molecule is N[C@@H](CC(=O)[O-])c1ccc2c(c1)OCO2. The van der Waals surface area contributed by atoms with Gasteiger partial charge < -0.3 is 25.1 Å². The first-order chi connectivity index (χ1) is 7.16. The van der Waals surface area contributed by atoms with Gasteiger partial charge in [0.25, 0.3) is 0 Å². The number of carboxylic acids is 1. The van der Waals surface area contributed by atoms with Crippen LogP contribution in [0.15, 0.2) is 18.2 Å². The molecular formula is C10H10NO4-. The Morgan fingerprint density at radius 3 is 2.93 bits per heavy atom. The molecule has 0 saturated carbocycles. The first-order valence-electron chi connectivity index (χ1n) is 4.52. The molecule has 1 atom stereocenters.